The maximum Gasteiger partial charge on any atom is 0.419 e. The number of nitrogens with zero attached hydrogens (tertiary/aromatic N) is 1. The molecule has 0 atom stereocenters. The van der Waals surface area contributed by atoms with Crippen LogP contribution in [-0.2, 0) is 6.18 Å². The maximum absolute atomic E-state index is 13.1. The van der Waals surface area contributed by atoms with Crippen molar-refractivity contribution < 1.29 is 22.3 Å². The first-order valence-corrected chi connectivity index (χ1v) is 5.41. The minimum atomic E-state index is -4.79. The van der Waals surface area contributed by atoms with Crippen molar-refractivity contribution in [3.8, 4) is 11.6 Å². The zero-order valence-corrected chi connectivity index (χ0v) is 9.97. The van der Waals surface area contributed by atoms with Crippen molar-refractivity contribution in [3.63, 3.8) is 0 Å². The molecular weight excluding hydrogens is 286 g/mol. The predicted octanol–water partition coefficient (Wildman–Crippen LogP) is 4.69. The van der Waals surface area contributed by atoms with Crippen molar-refractivity contribution in [1.82, 2.24) is 4.98 Å². The molecule has 0 fully saturated rings. The van der Waals surface area contributed by atoms with Crippen LogP contribution in [-0.4, -0.2) is 4.98 Å². The molecule has 0 aliphatic carbocycles. The van der Waals surface area contributed by atoms with E-state index in [1.807, 2.05) is 0 Å². The number of halogens is 5. The second-order valence-corrected chi connectivity index (χ2v) is 3.93. The van der Waals surface area contributed by atoms with Gasteiger partial charge in [-0.25, -0.2) is 9.37 Å². The summed E-state index contributed by atoms with van der Waals surface area (Å²) in [5.41, 5.74) is -1.40. The fraction of sp³-hybridized carbons (Fsp3) is 0.0833. The summed E-state index contributed by atoms with van der Waals surface area (Å²) < 4.78 is 55.6. The van der Waals surface area contributed by atoms with Gasteiger partial charge in [0.05, 0.1) is 5.56 Å². The standard InChI is InChI=1S/C12H6ClF4NO/c13-10-2-1-3-11(18-10)19-7-4-5-9(14)8(6-7)12(15,16)17/h1-6H. The summed E-state index contributed by atoms with van der Waals surface area (Å²) in [6.07, 6.45) is -4.79. The van der Waals surface area contributed by atoms with Crippen LogP contribution in [0.1, 0.15) is 5.56 Å². The van der Waals surface area contributed by atoms with E-state index < -0.39 is 17.6 Å². The monoisotopic (exact) mass is 291 g/mol. The fourth-order valence-corrected chi connectivity index (χ4v) is 1.51. The van der Waals surface area contributed by atoms with Gasteiger partial charge in [0.25, 0.3) is 0 Å². The molecule has 0 N–H and O–H groups in total. The number of pyridine rings is 1. The van der Waals surface area contributed by atoms with E-state index in [0.29, 0.717) is 12.1 Å². The summed E-state index contributed by atoms with van der Waals surface area (Å²) in [6, 6.07) is 6.76. The van der Waals surface area contributed by atoms with Crippen LogP contribution in [0, 0.1) is 5.82 Å². The first kappa shape index (κ1) is 13.6. The quantitative estimate of drug-likeness (QED) is 0.592. The van der Waals surface area contributed by atoms with Gasteiger partial charge in [-0.1, -0.05) is 17.7 Å². The van der Waals surface area contributed by atoms with Gasteiger partial charge in [0, 0.05) is 6.07 Å². The van der Waals surface area contributed by atoms with Crippen LogP contribution in [0.4, 0.5) is 17.6 Å². The number of ether oxygens (including phenoxy) is 1. The van der Waals surface area contributed by atoms with Crippen molar-refractivity contribution in [1.29, 1.82) is 0 Å². The Kier molecular flexibility index (Phi) is 3.61. The van der Waals surface area contributed by atoms with E-state index in [0.717, 1.165) is 6.07 Å². The minimum Gasteiger partial charge on any atom is -0.439 e. The highest BCUT2D eigenvalue weighted by Crippen LogP contribution is 2.34. The average molecular weight is 292 g/mol. The summed E-state index contributed by atoms with van der Waals surface area (Å²) in [4.78, 5) is 3.75. The second-order valence-electron chi connectivity index (χ2n) is 3.54. The van der Waals surface area contributed by atoms with Gasteiger partial charge in [-0.05, 0) is 24.3 Å². The highest BCUT2D eigenvalue weighted by atomic mass is 35.5. The lowest BCUT2D eigenvalue weighted by Crippen LogP contribution is -2.08. The fourth-order valence-electron chi connectivity index (χ4n) is 1.35. The topological polar surface area (TPSA) is 22.1 Å². The average Bonchev–Trinajstić information content (AvgIpc) is 2.30. The highest BCUT2D eigenvalue weighted by Gasteiger charge is 2.34. The molecule has 0 radical (unpaired) electrons. The van der Waals surface area contributed by atoms with E-state index in [9.17, 15) is 17.6 Å². The zero-order chi connectivity index (χ0) is 14.0. The molecule has 0 aliphatic heterocycles. The van der Waals surface area contributed by atoms with Crippen LogP contribution < -0.4 is 4.74 Å². The molecule has 0 unspecified atom stereocenters. The lowest BCUT2D eigenvalue weighted by Gasteiger charge is -2.10. The second kappa shape index (κ2) is 5.05. The van der Waals surface area contributed by atoms with Crippen LogP contribution in [0.5, 0.6) is 11.6 Å². The summed E-state index contributed by atoms with van der Waals surface area (Å²) in [5, 5.41) is 0.135. The van der Waals surface area contributed by atoms with E-state index in [-0.39, 0.29) is 16.8 Å². The molecule has 2 rings (SSSR count). The van der Waals surface area contributed by atoms with Crippen molar-refractivity contribution in [2.24, 2.45) is 0 Å². The van der Waals surface area contributed by atoms with Crippen molar-refractivity contribution in [2.45, 2.75) is 6.18 Å². The third-order valence-electron chi connectivity index (χ3n) is 2.16. The minimum absolute atomic E-state index is 0.0206. The van der Waals surface area contributed by atoms with E-state index in [1.54, 1.807) is 0 Å². The Balaban J connectivity index is 2.32. The van der Waals surface area contributed by atoms with Gasteiger partial charge in [-0.3, -0.25) is 0 Å². The summed E-state index contributed by atoms with van der Waals surface area (Å²) in [5.74, 6) is -1.52. The molecule has 1 heterocycles. The predicted molar refractivity (Wildman–Crippen MR) is 60.7 cm³/mol. The van der Waals surface area contributed by atoms with Gasteiger partial charge in [0.1, 0.15) is 16.7 Å². The van der Waals surface area contributed by atoms with Gasteiger partial charge < -0.3 is 4.74 Å². The molecule has 2 nitrogen and oxygen atoms in total. The molecule has 19 heavy (non-hydrogen) atoms. The zero-order valence-electron chi connectivity index (χ0n) is 9.21. The number of benzene rings is 1. The number of aromatic nitrogens is 1. The van der Waals surface area contributed by atoms with Gasteiger partial charge in [0.2, 0.25) is 5.88 Å². The molecule has 2 aromatic rings. The Bertz CT molecular complexity index is 601. The Morgan fingerprint density at radius 3 is 2.47 bits per heavy atom. The van der Waals surface area contributed by atoms with Crippen LogP contribution in [0.25, 0.3) is 0 Å². The Morgan fingerprint density at radius 2 is 1.84 bits per heavy atom. The molecule has 100 valence electrons. The molecular formula is C12H6ClF4NO. The number of hydrogen-bond acceptors (Lipinski definition) is 2. The maximum atomic E-state index is 13.1. The summed E-state index contributed by atoms with van der Waals surface area (Å²) in [7, 11) is 0. The molecule has 0 saturated heterocycles. The summed E-state index contributed by atoms with van der Waals surface area (Å²) in [6.45, 7) is 0. The van der Waals surface area contributed by atoms with E-state index >= 15 is 0 Å². The third kappa shape index (κ3) is 3.35. The Morgan fingerprint density at radius 1 is 1.11 bits per heavy atom. The van der Waals surface area contributed by atoms with Crippen LogP contribution in [0.2, 0.25) is 5.15 Å². The SMILES string of the molecule is Fc1ccc(Oc2cccc(Cl)n2)cc1C(F)(F)F. The first-order chi connectivity index (χ1) is 8.86. The molecule has 1 aromatic heterocycles. The van der Waals surface area contributed by atoms with Crippen LogP contribution in [0.3, 0.4) is 0 Å². The number of hydrogen-bond donors (Lipinski definition) is 0. The molecule has 0 aliphatic rings. The summed E-state index contributed by atoms with van der Waals surface area (Å²) >= 11 is 5.61. The first-order valence-electron chi connectivity index (χ1n) is 5.03. The lowest BCUT2D eigenvalue weighted by molar-refractivity contribution is -0.140. The smallest absolute Gasteiger partial charge is 0.419 e. The molecule has 1 aromatic carbocycles. The van der Waals surface area contributed by atoms with Crippen LogP contribution in [0.15, 0.2) is 36.4 Å². The van der Waals surface area contributed by atoms with Crippen LogP contribution >= 0.6 is 11.6 Å². The molecule has 0 saturated carbocycles. The van der Waals surface area contributed by atoms with Crippen molar-refractivity contribution >= 4 is 11.6 Å². The van der Waals surface area contributed by atoms with E-state index in [2.05, 4.69) is 4.98 Å². The third-order valence-corrected chi connectivity index (χ3v) is 2.37. The van der Waals surface area contributed by atoms with E-state index in [4.69, 9.17) is 16.3 Å². The van der Waals surface area contributed by atoms with Gasteiger partial charge in [0.15, 0.2) is 0 Å². The molecule has 7 heteroatoms. The largest absolute Gasteiger partial charge is 0.439 e. The lowest BCUT2D eigenvalue weighted by atomic mass is 10.2. The molecule has 0 bridgehead atoms. The molecule has 0 spiro atoms. The Labute approximate surface area is 110 Å². The van der Waals surface area contributed by atoms with Crippen molar-refractivity contribution in [2.75, 3.05) is 0 Å². The Hall–Kier alpha value is -1.82. The van der Waals surface area contributed by atoms with Crippen molar-refractivity contribution in [3.05, 3.63) is 52.9 Å². The normalized spacial score (nSPS) is 11.4. The van der Waals surface area contributed by atoms with E-state index in [1.165, 1.54) is 18.2 Å². The number of alkyl halides is 3. The highest BCUT2D eigenvalue weighted by molar-refractivity contribution is 6.29. The van der Waals surface area contributed by atoms with Gasteiger partial charge in [-0.2, -0.15) is 13.2 Å². The number of rotatable bonds is 2. The molecule has 0 amide bonds. The van der Waals surface area contributed by atoms with Gasteiger partial charge in [-0.15, -0.1) is 0 Å². The van der Waals surface area contributed by atoms with Gasteiger partial charge >= 0.3 is 6.18 Å².